The predicted octanol–water partition coefficient (Wildman–Crippen LogP) is 1.13. The van der Waals surface area contributed by atoms with Crippen molar-refractivity contribution in [2.24, 2.45) is 0 Å². The number of rotatable bonds is 1. The van der Waals surface area contributed by atoms with Crippen LogP contribution < -0.4 is 0 Å². The van der Waals surface area contributed by atoms with E-state index in [1.165, 1.54) is 13.3 Å². The normalized spacial score (nSPS) is 8.27. The molecule has 0 fully saturated rings. The zero-order chi connectivity index (χ0) is 11.1. The summed E-state index contributed by atoms with van der Waals surface area (Å²) in [5, 5.41) is 8.26. The molecule has 4 nitrogen and oxygen atoms in total. The van der Waals surface area contributed by atoms with Crippen molar-refractivity contribution in [3.05, 3.63) is 29.6 Å². The number of pyridine rings is 1. The van der Waals surface area contributed by atoms with Crippen LogP contribution in [0.25, 0.3) is 0 Å². The molecule has 74 valence electrons. The lowest BCUT2D eigenvalue weighted by atomic mass is 10.2. The monoisotopic (exact) mass is 200 g/mol. The highest BCUT2D eigenvalue weighted by atomic mass is 16.5. The van der Waals surface area contributed by atoms with Gasteiger partial charge in [0.2, 0.25) is 0 Å². The maximum atomic E-state index is 11.0. The van der Waals surface area contributed by atoms with Gasteiger partial charge in [-0.3, -0.25) is 0 Å². The van der Waals surface area contributed by atoms with Crippen LogP contribution in [0.3, 0.4) is 0 Å². The van der Waals surface area contributed by atoms with Gasteiger partial charge in [-0.1, -0.05) is 5.92 Å². The lowest BCUT2D eigenvalue weighted by Gasteiger charge is -1.97. The van der Waals surface area contributed by atoms with Gasteiger partial charge in [-0.25, -0.2) is 9.78 Å². The Labute approximate surface area is 87.5 Å². The summed E-state index contributed by atoms with van der Waals surface area (Å²) in [6.07, 6.45) is 1.56. The maximum absolute atomic E-state index is 11.0. The number of hydrogen-bond acceptors (Lipinski definition) is 4. The standard InChI is InChI=1S/C11H8N2O2/c1-15-11(14)9-5-6-10(13-8-9)4-2-3-7-12/h5-6,8H,3H2,1H3. The zero-order valence-corrected chi connectivity index (χ0v) is 8.15. The van der Waals surface area contributed by atoms with Gasteiger partial charge in [0.05, 0.1) is 25.2 Å². The number of nitrogens with zero attached hydrogens (tertiary/aromatic N) is 2. The van der Waals surface area contributed by atoms with Crippen LogP contribution in [0, 0.1) is 23.2 Å². The summed E-state index contributed by atoms with van der Waals surface area (Å²) in [6, 6.07) is 5.09. The summed E-state index contributed by atoms with van der Waals surface area (Å²) in [7, 11) is 1.31. The molecule has 0 amide bonds. The Morgan fingerprint density at radius 2 is 2.40 bits per heavy atom. The van der Waals surface area contributed by atoms with Crippen LogP contribution in [0.5, 0.6) is 0 Å². The first-order chi connectivity index (χ1) is 7.27. The third-order valence-corrected chi connectivity index (χ3v) is 1.57. The van der Waals surface area contributed by atoms with E-state index in [-0.39, 0.29) is 6.42 Å². The first kappa shape index (κ1) is 10.7. The first-order valence-corrected chi connectivity index (χ1v) is 4.18. The molecule has 1 rings (SSSR count). The minimum atomic E-state index is -0.431. The molecule has 1 aromatic heterocycles. The molecule has 0 N–H and O–H groups in total. The number of nitriles is 1. The number of carbonyl (C=O) groups is 1. The highest BCUT2D eigenvalue weighted by molar-refractivity contribution is 5.88. The average molecular weight is 200 g/mol. The molecule has 1 heterocycles. The summed E-state index contributed by atoms with van der Waals surface area (Å²) in [5.41, 5.74) is 0.904. The van der Waals surface area contributed by atoms with Crippen molar-refractivity contribution < 1.29 is 9.53 Å². The number of aromatic nitrogens is 1. The van der Waals surface area contributed by atoms with Crippen molar-refractivity contribution in [1.29, 1.82) is 5.26 Å². The van der Waals surface area contributed by atoms with E-state index < -0.39 is 5.97 Å². The van der Waals surface area contributed by atoms with Crippen molar-refractivity contribution in [2.75, 3.05) is 7.11 Å². The van der Waals surface area contributed by atoms with Crippen LogP contribution >= 0.6 is 0 Å². The minimum Gasteiger partial charge on any atom is -0.465 e. The van der Waals surface area contributed by atoms with E-state index in [0.717, 1.165) is 0 Å². The minimum absolute atomic E-state index is 0.167. The van der Waals surface area contributed by atoms with Gasteiger partial charge in [-0.15, -0.1) is 0 Å². The molecule has 0 saturated carbocycles. The third kappa shape index (κ3) is 3.13. The number of esters is 1. The van der Waals surface area contributed by atoms with Crippen molar-refractivity contribution in [3.63, 3.8) is 0 Å². The molecule has 0 aromatic carbocycles. The van der Waals surface area contributed by atoms with E-state index >= 15 is 0 Å². The van der Waals surface area contributed by atoms with Gasteiger partial charge in [0.25, 0.3) is 0 Å². The fourth-order valence-corrected chi connectivity index (χ4v) is 0.881. The fraction of sp³-hybridized carbons (Fsp3) is 0.182. The zero-order valence-electron chi connectivity index (χ0n) is 8.15. The Morgan fingerprint density at radius 3 is 2.93 bits per heavy atom. The van der Waals surface area contributed by atoms with E-state index in [1.54, 1.807) is 12.1 Å². The van der Waals surface area contributed by atoms with Crippen LogP contribution in [0.2, 0.25) is 0 Å². The quantitative estimate of drug-likeness (QED) is 0.503. The van der Waals surface area contributed by atoms with Gasteiger partial charge in [-0.05, 0) is 18.1 Å². The highest BCUT2D eigenvalue weighted by Gasteiger charge is 2.03. The molecular formula is C11H8N2O2. The van der Waals surface area contributed by atoms with E-state index in [0.29, 0.717) is 11.3 Å². The van der Waals surface area contributed by atoms with E-state index in [1.807, 2.05) is 6.07 Å². The Balaban J connectivity index is 2.79. The second kappa shape index (κ2) is 5.41. The summed E-state index contributed by atoms with van der Waals surface area (Å²) in [4.78, 5) is 15.0. The maximum Gasteiger partial charge on any atom is 0.339 e. The molecule has 15 heavy (non-hydrogen) atoms. The van der Waals surface area contributed by atoms with Crippen molar-refractivity contribution in [1.82, 2.24) is 4.98 Å². The number of carbonyl (C=O) groups excluding carboxylic acids is 1. The predicted molar refractivity (Wildman–Crippen MR) is 52.7 cm³/mol. The van der Waals surface area contributed by atoms with E-state index in [4.69, 9.17) is 5.26 Å². The molecule has 0 spiro atoms. The van der Waals surface area contributed by atoms with Gasteiger partial charge >= 0.3 is 5.97 Å². The number of ether oxygens (including phenoxy) is 1. The number of hydrogen-bond donors (Lipinski definition) is 0. The Morgan fingerprint density at radius 1 is 1.60 bits per heavy atom. The topological polar surface area (TPSA) is 63.0 Å². The molecular weight excluding hydrogens is 192 g/mol. The second-order valence-electron chi connectivity index (χ2n) is 2.56. The molecule has 4 heteroatoms. The molecule has 0 bridgehead atoms. The Kier molecular flexibility index (Phi) is 3.88. The summed E-state index contributed by atoms with van der Waals surface area (Å²) in [5.74, 6) is 4.89. The lowest BCUT2D eigenvalue weighted by Crippen LogP contribution is -2.01. The van der Waals surface area contributed by atoms with Crippen LogP contribution in [0.4, 0.5) is 0 Å². The number of methoxy groups -OCH3 is 1. The molecule has 1 aromatic rings. The smallest absolute Gasteiger partial charge is 0.339 e. The van der Waals surface area contributed by atoms with Gasteiger partial charge in [-0.2, -0.15) is 5.26 Å². The summed E-state index contributed by atoms with van der Waals surface area (Å²) in [6.45, 7) is 0. The summed E-state index contributed by atoms with van der Waals surface area (Å²) >= 11 is 0. The van der Waals surface area contributed by atoms with Crippen LogP contribution in [0.1, 0.15) is 22.5 Å². The van der Waals surface area contributed by atoms with Crippen LogP contribution in [0.15, 0.2) is 18.3 Å². The van der Waals surface area contributed by atoms with Gasteiger partial charge < -0.3 is 4.74 Å². The van der Waals surface area contributed by atoms with E-state index in [9.17, 15) is 4.79 Å². The first-order valence-electron chi connectivity index (χ1n) is 4.18. The largest absolute Gasteiger partial charge is 0.465 e. The van der Waals surface area contributed by atoms with Gasteiger partial charge in [0.15, 0.2) is 0 Å². The van der Waals surface area contributed by atoms with Gasteiger partial charge in [0, 0.05) is 6.20 Å². The van der Waals surface area contributed by atoms with Crippen molar-refractivity contribution in [3.8, 4) is 17.9 Å². The summed E-state index contributed by atoms with van der Waals surface area (Å²) < 4.78 is 4.52. The SMILES string of the molecule is COC(=O)c1ccc(C#CCC#N)nc1. The molecule has 0 aliphatic heterocycles. The van der Waals surface area contributed by atoms with Crippen molar-refractivity contribution in [2.45, 2.75) is 6.42 Å². The average Bonchev–Trinajstić information content (AvgIpc) is 2.29. The molecule has 0 unspecified atom stereocenters. The van der Waals surface area contributed by atoms with Gasteiger partial charge in [0.1, 0.15) is 5.69 Å². The van der Waals surface area contributed by atoms with Crippen molar-refractivity contribution >= 4 is 5.97 Å². The lowest BCUT2D eigenvalue weighted by molar-refractivity contribution is 0.0600. The molecule has 0 atom stereocenters. The molecule has 0 aliphatic carbocycles. The Bertz CT molecular complexity index is 446. The van der Waals surface area contributed by atoms with Crippen LogP contribution in [-0.4, -0.2) is 18.1 Å². The van der Waals surface area contributed by atoms with E-state index in [2.05, 4.69) is 21.6 Å². The molecule has 0 saturated heterocycles. The van der Waals surface area contributed by atoms with Crippen LogP contribution in [-0.2, 0) is 4.74 Å². The highest BCUT2D eigenvalue weighted by Crippen LogP contribution is 2.00. The molecule has 0 aliphatic rings. The third-order valence-electron chi connectivity index (χ3n) is 1.57. The molecule has 0 radical (unpaired) electrons. The Hall–Kier alpha value is -2.33. The fourth-order valence-electron chi connectivity index (χ4n) is 0.881. The second-order valence-corrected chi connectivity index (χ2v) is 2.56.